The average Bonchev–Trinajstić information content (AvgIpc) is 3.00. The molecule has 0 aromatic carbocycles. The van der Waals surface area contributed by atoms with Crippen molar-refractivity contribution >= 4 is 23.6 Å². The van der Waals surface area contributed by atoms with E-state index in [1.165, 1.54) is 19.4 Å². The second-order valence-corrected chi connectivity index (χ2v) is 6.36. The van der Waals surface area contributed by atoms with E-state index in [4.69, 9.17) is 0 Å². The van der Waals surface area contributed by atoms with Gasteiger partial charge in [-0.1, -0.05) is 0 Å². The van der Waals surface area contributed by atoms with E-state index in [0.29, 0.717) is 11.9 Å². The second kappa shape index (κ2) is 6.67. The lowest BCUT2D eigenvalue weighted by atomic mass is 10.0. The highest BCUT2D eigenvalue weighted by Gasteiger charge is 2.28. The number of anilines is 1. The number of hydrogen-bond donors (Lipinski definition) is 1. The Bertz CT molecular complexity index is 459. The number of rotatable bonds is 2. The molecule has 2 saturated heterocycles. The summed E-state index contributed by atoms with van der Waals surface area (Å²) >= 11 is 1.10. The molecule has 0 bridgehead atoms. The zero-order chi connectivity index (χ0) is 14.7. The summed E-state index contributed by atoms with van der Waals surface area (Å²) in [5, 5.41) is 2.79. The molecule has 1 aromatic heterocycles. The zero-order valence-corrected chi connectivity index (χ0v) is 13.2. The Kier molecular flexibility index (Phi) is 4.67. The van der Waals surface area contributed by atoms with E-state index in [1.807, 2.05) is 4.90 Å². The number of amides is 2. The molecule has 2 aliphatic heterocycles. The van der Waals surface area contributed by atoms with Crippen molar-refractivity contribution in [2.24, 2.45) is 0 Å². The number of hydrogen-bond acceptors (Lipinski definition) is 6. The Morgan fingerprint density at radius 1 is 1.33 bits per heavy atom. The molecule has 0 saturated carbocycles. The molecule has 0 aliphatic carbocycles. The van der Waals surface area contributed by atoms with Crippen LogP contribution in [0, 0.1) is 0 Å². The fourth-order valence-corrected chi connectivity index (χ4v) is 3.51. The van der Waals surface area contributed by atoms with Gasteiger partial charge in [-0.15, -0.1) is 0 Å². The maximum atomic E-state index is 12.1. The molecular weight excluding hydrogens is 288 g/mol. The van der Waals surface area contributed by atoms with Gasteiger partial charge in [-0.05, 0) is 26.4 Å². The highest BCUT2D eigenvalue weighted by atomic mass is 32.1. The molecule has 1 atom stereocenters. The minimum atomic E-state index is -0.0666. The van der Waals surface area contributed by atoms with E-state index < -0.39 is 0 Å². The lowest BCUT2D eigenvalue weighted by Gasteiger charge is -2.42. The number of carbonyl (C=O) groups is 1. The van der Waals surface area contributed by atoms with Crippen LogP contribution in [0.5, 0.6) is 0 Å². The SMILES string of the molecule is CN1CCCC(N2CCN(C(=O)Nc3cnsn3)CC2)C1. The van der Waals surface area contributed by atoms with E-state index in [9.17, 15) is 4.79 Å². The van der Waals surface area contributed by atoms with Gasteiger partial charge in [-0.25, -0.2) is 4.79 Å². The number of carbonyl (C=O) groups excluding carboxylic acids is 1. The highest BCUT2D eigenvalue weighted by Crippen LogP contribution is 2.17. The lowest BCUT2D eigenvalue weighted by Crippen LogP contribution is -2.56. The number of piperidine rings is 1. The van der Waals surface area contributed by atoms with Crippen LogP contribution in [0.4, 0.5) is 10.6 Å². The van der Waals surface area contributed by atoms with Crippen molar-refractivity contribution < 1.29 is 4.79 Å². The van der Waals surface area contributed by atoms with Crippen molar-refractivity contribution in [2.75, 3.05) is 51.6 Å². The number of aromatic nitrogens is 2. The molecule has 21 heavy (non-hydrogen) atoms. The van der Waals surface area contributed by atoms with Gasteiger partial charge in [0, 0.05) is 38.8 Å². The normalized spacial score (nSPS) is 25.0. The van der Waals surface area contributed by atoms with Crippen molar-refractivity contribution in [2.45, 2.75) is 18.9 Å². The number of nitrogens with one attached hydrogen (secondary N) is 1. The first-order valence-corrected chi connectivity index (χ1v) is 8.21. The molecule has 1 unspecified atom stereocenters. The minimum absolute atomic E-state index is 0.0666. The molecule has 0 radical (unpaired) electrons. The topological polar surface area (TPSA) is 64.6 Å². The summed E-state index contributed by atoms with van der Waals surface area (Å²) in [5.74, 6) is 0.543. The van der Waals surface area contributed by atoms with E-state index in [1.54, 1.807) is 6.20 Å². The predicted molar refractivity (Wildman–Crippen MR) is 82.6 cm³/mol. The quantitative estimate of drug-likeness (QED) is 0.874. The number of likely N-dealkylation sites (tertiary alicyclic amines) is 1. The van der Waals surface area contributed by atoms with Gasteiger partial charge in [0.2, 0.25) is 0 Å². The standard InChI is InChI=1S/C13H22N6OS/c1-17-4-2-3-11(10-17)18-5-7-19(8-6-18)13(20)15-12-9-14-21-16-12/h9,11H,2-8,10H2,1H3,(H,15,16,20). The molecule has 2 amide bonds. The van der Waals surface area contributed by atoms with Crippen molar-refractivity contribution in [3.05, 3.63) is 6.20 Å². The average molecular weight is 310 g/mol. The Balaban J connectivity index is 1.47. The van der Waals surface area contributed by atoms with Gasteiger partial charge >= 0.3 is 6.03 Å². The number of urea groups is 1. The van der Waals surface area contributed by atoms with Crippen LogP contribution in [0.2, 0.25) is 0 Å². The van der Waals surface area contributed by atoms with Crippen LogP contribution >= 0.6 is 11.7 Å². The Morgan fingerprint density at radius 3 is 2.81 bits per heavy atom. The largest absolute Gasteiger partial charge is 0.323 e. The van der Waals surface area contributed by atoms with Gasteiger partial charge in [-0.2, -0.15) is 8.75 Å². The third-order valence-electron chi connectivity index (χ3n) is 4.31. The highest BCUT2D eigenvalue weighted by molar-refractivity contribution is 6.99. The summed E-state index contributed by atoms with van der Waals surface area (Å²) in [6, 6.07) is 0.583. The van der Waals surface area contributed by atoms with Gasteiger partial charge in [0.1, 0.15) is 0 Å². The third-order valence-corrected chi connectivity index (χ3v) is 4.79. The fraction of sp³-hybridized carbons (Fsp3) is 0.769. The smallest absolute Gasteiger partial charge is 0.322 e. The third kappa shape index (κ3) is 3.69. The summed E-state index contributed by atoms with van der Waals surface area (Å²) in [5.41, 5.74) is 0. The van der Waals surface area contributed by atoms with E-state index in [2.05, 4.69) is 30.9 Å². The van der Waals surface area contributed by atoms with Gasteiger partial charge < -0.3 is 9.80 Å². The summed E-state index contributed by atoms with van der Waals surface area (Å²) in [6.45, 7) is 5.84. The minimum Gasteiger partial charge on any atom is -0.322 e. The van der Waals surface area contributed by atoms with Crippen LogP contribution in [-0.4, -0.2) is 81.8 Å². The molecule has 2 aliphatic rings. The number of nitrogens with zero attached hydrogens (tertiary/aromatic N) is 5. The van der Waals surface area contributed by atoms with E-state index >= 15 is 0 Å². The predicted octanol–water partition coefficient (Wildman–Crippen LogP) is 0.782. The zero-order valence-electron chi connectivity index (χ0n) is 12.4. The second-order valence-electron chi connectivity index (χ2n) is 5.80. The molecule has 2 fully saturated rings. The molecular formula is C13H22N6OS. The Labute approximate surface area is 129 Å². The van der Waals surface area contributed by atoms with Crippen LogP contribution in [-0.2, 0) is 0 Å². The molecule has 8 heteroatoms. The van der Waals surface area contributed by atoms with Crippen LogP contribution in [0.3, 0.4) is 0 Å². The van der Waals surface area contributed by atoms with Gasteiger partial charge in [0.25, 0.3) is 0 Å². The Morgan fingerprint density at radius 2 is 2.14 bits per heavy atom. The van der Waals surface area contributed by atoms with Crippen molar-refractivity contribution in [3.8, 4) is 0 Å². The maximum absolute atomic E-state index is 12.1. The number of likely N-dealkylation sites (N-methyl/N-ethyl adjacent to an activating group) is 1. The summed E-state index contributed by atoms with van der Waals surface area (Å²) in [4.78, 5) is 18.9. The van der Waals surface area contributed by atoms with E-state index in [-0.39, 0.29) is 6.03 Å². The van der Waals surface area contributed by atoms with Crippen LogP contribution in [0.15, 0.2) is 6.20 Å². The summed E-state index contributed by atoms with van der Waals surface area (Å²) < 4.78 is 7.89. The molecule has 7 nitrogen and oxygen atoms in total. The Hall–Kier alpha value is -1.25. The first-order valence-electron chi connectivity index (χ1n) is 7.48. The fourth-order valence-electron chi connectivity index (χ4n) is 3.14. The first-order chi connectivity index (χ1) is 10.2. The summed E-state index contributed by atoms with van der Waals surface area (Å²) in [6.07, 6.45) is 4.14. The molecule has 3 rings (SSSR count). The summed E-state index contributed by atoms with van der Waals surface area (Å²) in [7, 11) is 2.19. The van der Waals surface area contributed by atoms with Crippen molar-refractivity contribution in [3.63, 3.8) is 0 Å². The van der Waals surface area contributed by atoms with Crippen molar-refractivity contribution in [1.82, 2.24) is 23.4 Å². The molecule has 0 spiro atoms. The van der Waals surface area contributed by atoms with Crippen LogP contribution < -0.4 is 5.32 Å². The first kappa shape index (κ1) is 14.7. The van der Waals surface area contributed by atoms with E-state index in [0.717, 1.165) is 44.5 Å². The van der Waals surface area contributed by atoms with Crippen LogP contribution in [0.1, 0.15) is 12.8 Å². The molecule has 1 aromatic rings. The van der Waals surface area contributed by atoms with Crippen molar-refractivity contribution in [1.29, 1.82) is 0 Å². The molecule has 3 heterocycles. The molecule has 116 valence electrons. The van der Waals surface area contributed by atoms with Crippen LogP contribution in [0.25, 0.3) is 0 Å². The van der Waals surface area contributed by atoms with Gasteiger partial charge in [0.05, 0.1) is 17.9 Å². The van der Waals surface area contributed by atoms with Gasteiger partial charge in [0.15, 0.2) is 5.82 Å². The number of piperazine rings is 1. The maximum Gasteiger partial charge on any atom is 0.323 e. The lowest BCUT2D eigenvalue weighted by molar-refractivity contribution is 0.0717. The van der Waals surface area contributed by atoms with Gasteiger partial charge in [-0.3, -0.25) is 10.2 Å². The monoisotopic (exact) mass is 310 g/mol. The molecule has 1 N–H and O–H groups in total.